The molecular formula is C8H6ClF2N3. The molecule has 14 heavy (non-hydrogen) atoms. The van der Waals surface area contributed by atoms with Crippen LogP contribution in [-0.2, 0) is 6.42 Å². The van der Waals surface area contributed by atoms with Gasteiger partial charge in [0.1, 0.15) is 5.15 Å². The second kappa shape index (κ2) is 4.20. The highest BCUT2D eigenvalue weighted by molar-refractivity contribution is 6.30. The average Bonchev–Trinajstić information content (AvgIpc) is 2.01. The number of rotatable bonds is 2. The number of pyridine rings is 1. The number of nitriles is 1. The number of hydrogen-bond donors (Lipinski definition) is 1. The maximum Gasteiger partial charge on any atom is 0.268 e. The van der Waals surface area contributed by atoms with Crippen molar-refractivity contribution in [1.82, 2.24) is 4.98 Å². The summed E-state index contributed by atoms with van der Waals surface area (Å²) in [5.74, 6) is 0. The Labute approximate surface area is 84.1 Å². The van der Waals surface area contributed by atoms with Crippen LogP contribution in [-0.4, -0.2) is 4.98 Å². The summed E-state index contributed by atoms with van der Waals surface area (Å²) in [6.07, 6.45) is -2.76. The van der Waals surface area contributed by atoms with Crippen LogP contribution in [0.15, 0.2) is 6.07 Å². The van der Waals surface area contributed by atoms with Gasteiger partial charge in [0.05, 0.1) is 23.7 Å². The lowest BCUT2D eigenvalue weighted by Gasteiger charge is -2.07. The second-order valence-electron chi connectivity index (χ2n) is 2.54. The first kappa shape index (κ1) is 10.7. The number of nitrogens with two attached hydrogens (primary N) is 1. The Morgan fingerprint density at radius 2 is 2.29 bits per heavy atom. The number of aromatic nitrogens is 1. The van der Waals surface area contributed by atoms with Crippen molar-refractivity contribution < 1.29 is 8.78 Å². The molecule has 2 N–H and O–H groups in total. The molecule has 0 aliphatic rings. The molecule has 0 aliphatic carbocycles. The van der Waals surface area contributed by atoms with Crippen molar-refractivity contribution >= 4 is 17.3 Å². The van der Waals surface area contributed by atoms with Crippen molar-refractivity contribution in [2.24, 2.45) is 0 Å². The minimum Gasteiger partial charge on any atom is -0.398 e. The summed E-state index contributed by atoms with van der Waals surface area (Å²) in [7, 11) is 0. The standard InChI is InChI=1S/C8H6ClF2N3/c9-7-6(8(10)11)5(13)3-4(14-7)1-2-12/h3,8H,1H2,(H2,13,14). The number of alkyl halides is 2. The highest BCUT2D eigenvalue weighted by Gasteiger charge is 2.17. The van der Waals surface area contributed by atoms with Gasteiger partial charge in [-0.3, -0.25) is 0 Å². The molecule has 0 spiro atoms. The first-order valence-electron chi connectivity index (χ1n) is 3.66. The Morgan fingerprint density at radius 3 is 2.71 bits per heavy atom. The van der Waals surface area contributed by atoms with E-state index in [9.17, 15) is 8.78 Å². The molecule has 0 saturated carbocycles. The van der Waals surface area contributed by atoms with Crippen LogP contribution < -0.4 is 5.73 Å². The zero-order valence-electron chi connectivity index (χ0n) is 6.97. The van der Waals surface area contributed by atoms with E-state index >= 15 is 0 Å². The van der Waals surface area contributed by atoms with Crippen molar-refractivity contribution in [1.29, 1.82) is 5.26 Å². The van der Waals surface area contributed by atoms with Crippen molar-refractivity contribution in [3.05, 3.63) is 22.5 Å². The number of halogens is 3. The van der Waals surface area contributed by atoms with E-state index in [4.69, 9.17) is 22.6 Å². The molecule has 1 aromatic heterocycles. The van der Waals surface area contributed by atoms with Gasteiger partial charge >= 0.3 is 0 Å². The lowest BCUT2D eigenvalue weighted by molar-refractivity contribution is 0.152. The molecule has 3 nitrogen and oxygen atoms in total. The minimum atomic E-state index is -2.76. The first-order valence-corrected chi connectivity index (χ1v) is 4.04. The minimum absolute atomic E-state index is 0.00651. The van der Waals surface area contributed by atoms with Crippen molar-refractivity contribution in [2.75, 3.05) is 5.73 Å². The number of nitrogen functional groups attached to an aromatic ring is 1. The summed E-state index contributed by atoms with van der Waals surface area (Å²) in [5.41, 5.74) is 5.02. The Kier molecular flexibility index (Phi) is 3.20. The van der Waals surface area contributed by atoms with Crippen LogP contribution in [0, 0.1) is 11.3 Å². The molecule has 0 amide bonds. The summed E-state index contributed by atoms with van der Waals surface area (Å²) >= 11 is 5.48. The molecule has 6 heteroatoms. The van der Waals surface area contributed by atoms with Gasteiger partial charge in [0.2, 0.25) is 0 Å². The lowest BCUT2D eigenvalue weighted by atomic mass is 10.2. The normalized spacial score (nSPS) is 10.2. The van der Waals surface area contributed by atoms with Crippen LogP contribution in [0.25, 0.3) is 0 Å². The molecule has 1 rings (SSSR count). The molecule has 0 fully saturated rings. The summed E-state index contributed by atoms with van der Waals surface area (Å²) in [5, 5.41) is 8.02. The molecule has 0 radical (unpaired) electrons. The fraction of sp³-hybridized carbons (Fsp3) is 0.250. The van der Waals surface area contributed by atoms with Gasteiger partial charge in [-0.05, 0) is 6.07 Å². The van der Waals surface area contributed by atoms with Gasteiger partial charge in [0.25, 0.3) is 6.43 Å². The summed E-state index contributed by atoms with van der Waals surface area (Å²) in [4.78, 5) is 3.63. The van der Waals surface area contributed by atoms with Gasteiger partial charge in [0.15, 0.2) is 0 Å². The predicted molar refractivity (Wildman–Crippen MR) is 47.9 cm³/mol. The van der Waals surface area contributed by atoms with Crippen molar-refractivity contribution in [2.45, 2.75) is 12.8 Å². The quantitative estimate of drug-likeness (QED) is 0.774. The molecular weight excluding hydrogens is 212 g/mol. The topological polar surface area (TPSA) is 62.7 Å². The van der Waals surface area contributed by atoms with E-state index in [0.29, 0.717) is 5.69 Å². The largest absolute Gasteiger partial charge is 0.398 e. The zero-order valence-corrected chi connectivity index (χ0v) is 7.72. The van der Waals surface area contributed by atoms with Gasteiger partial charge in [-0.1, -0.05) is 11.6 Å². The Bertz CT molecular complexity index is 364. The van der Waals surface area contributed by atoms with Gasteiger partial charge in [0, 0.05) is 5.69 Å². The highest BCUT2D eigenvalue weighted by atomic mass is 35.5. The Morgan fingerprint density at radius 1 is 1.64 bits per heavy atom. The third-order valence-corrected chi connectivity index (χ3v) is 1.86. The second-order valence-corrected chi connectivity index (χ2v) is 2.90. The lowest BCUT2D eigenvalue weighted by Crippen LogP contribution is -2.01. The van der Waals surface area contributed by atoms with E-state index in [1.807, 2.05) is 6.07 Å². The maximum atomic E-state index is 12.3. The molecule has 1 heterocycles. The molecule has 0 saturated heterocycles. The van der Waals surface area contributed by atoms with E-state index in [1.54, 1.807) is 0 Å². The number of hydrogen-bond acceptors (Lipinski definition) is 3. The summed E-state index contributed by atoms with van der Waals surface area (Å²) in [6.45, 7) is 0. The fourth-order valence-corrected chi connectivity index (χ4v) is 1.28. The molecule has 0 aromatic carbocycles. The fourth-order valence-electron chi connectivity index (χ4n) is 0.983. The molecule has 0 unspecified atom stereocenters. The first-order chi connectivity index (χ1) is 6.56. The molecule has 0 atom stereocenters. The van der Waals surface area contributed by atoms with Gasteiger partial charge in [-0.2, -0.15) is 5.26 Å². The third kappa shape index (κ3) is 2.09. The summed E-state index contributed by atoms with van der Waals surface area (Å²) in [6, 6.07) is 3.06. The van der Waals surface area contributed by atoms with E-state index < -0.39 is 12.0 Å². The smallest absolute Gasteiger partial charge is 0.268 e. The van der Waals surface area contributed by atoms with E-state index in [-0.39, 0.29) is 17.3 Å². The number of nitrogens with zero attached hydrogens (tertiary/aromatic N) is 2. The molecule has 1 aromatic rings. The molecule has 0 bridgehead atoms. The van der Waals surface area contributed by atoms with E-state index in [0.717, 1.165) is 0 Å². The SMILES string of the molecule is N#CCc1cc(N)c(C(F)F)c(Cl)n1. The van der Waals surface area contributed by atoms with Gasteiger partial charge in [-0.25, -0.2) is 13.8 Å². The maximum absolute atomic E-state index is 12.3. The number of anilines is 1. The average molecular weight is 218 g/mol. The predicted octanol–water partition coefficient (Wildman–Crippen LogP) is 2.32. The van der Waals surface area contributed by atoms with E-state index in [1.165, 1.54) is 6.07 Å². The van der Waals surface area contributed by atoms with Crippen LogP contribution in [0.3, 0.4) is 0 Å². The zero-order chi connectivity index (χ0) is 10.7. The van der Waals surface area contributed by atoms with Crippen LogP contribution in [0.5, 0.6) is 0 Å². The Balaban J connectivity index is 3.19. The van der Waals surface area contributed by atoms with Crippen molar-refractivity contribution in [3.8, 4) is 6.07 Å². The Hall–Kier alpha value is -1.41. The van der Waals surface area contributed by atoms with Crippen LogP contribution in [0.4, 0.5) is 14.5 Å². The van der Waals surface area contributed by atoms with Crippen LogP contribution in [0.1, 0.15) is 17.7 Å². The van der Waals surface area contributed by atoms with Gasteiger partial charge < -0.3 is 5.73 Å². The van der Waals surface area contributed by atoms with Gasteiger partial charge in [-0.15, -0.1) is 0 Å². The molecule has 74 valence electrons. The van der Waals surface area contributed by atoms with Crippen molar-refractivity contribution in [3.63, 3.8) is 0 Å². The van der Waals surface area contributed by atoms with Crippen LogP contribution >= 0.6 is 11.6 Å². The highest BCUT2D eigenvalue weighted by Crippen LogP contribution is 2.31. The molecule has 0 aliphatic heterocycles. The van der Waals surface area contributed by atoms with E-state index in [2.05, 4.69) is 4.98 Å². The van der Waals surface area contributed by atoms with Crippen LogP contribution in [0.2, 0.25) is 5.15 Å². The summed E-state index contributed by atoms with van der Waals surface area (Å²) < 4.78 is 24.7. The third-order valence-electron chi connectivity index (χ3n) is 1.58. The monoisotopic (exact) mass is 217 g/mol.